The van der Waals surface area contributed by atoms with Crippen LogP contribution in [-0.2, 0) is 0 Å². The van der Waals surface area contributed by atoms with E-state index in [4.69, 9.17) is 0 Å². The van der Waals surface area contributed by atoms with Gasteiger partial charge in [-0.15, -0.1) is 0 Å². The zero-order valence-corrected chi connectivity index (χ0v) is 7.52. The molecule has 0 aliphatic carbocycles. The molecule has 1 aliphatic rings. The third-order valence-corrected chi connectivity index (χ3v) is 2.98. The molecule has 0 radical (unpaired) electrons. The van der Waals surface area contributed by atoms with Crippen LogP contribution in [0.5, 0.6) is 0 Å². The fourth-order valence-corrected chi connectivity index (χ4v) is 1.74. The van der Waals surface area contributed by atoms with E-state index in [0.29, 0.717) is 12.1 Å². The third kappa shape index (κ3) is 1.51. The number of hydrogen-bond donors (Lipinski definition) is 1. The first-order chi connectivity index (χ1) is 4.61. The van der Waals surface area contributed by atoms with E-state index in [-0.39, 0.29) is 0 Å². The van der Waals surface area contributed by atoms with Crippen molar-refractivity contribution in [1.29, 1.82) is 0 Å². The predicted molar refractivity (Wildman–Crippen MR) is 45.0 cm³/mol. The van der Waals surface area contributed by atoms with Crippen molar-refractivity contribution >= 4 is 0 Å². The van der Waals surface area contributed by atoms with E-state index >= 15 is 0 Å². The van der Waals surface area contributed by atoms with Crippen LogP contribution in [0.3, 0.4) is 0 Å². The second kappa shape index (κ2) is 2.91. The zero-order chi connectivity index (χ0) is 7.72. The van der Waals surface area contributed by atoms with Gasteiger partial charge in [-0.25, -0.2) is 0 Å². The molecule has 1 nitrogen and oxygen atoms in total. The van der Waals surface area contributed by atoms with E-state index in [1.165, 1.54) is 6.42 Å². The largest absolute Gasteiger partial charge is 0.311 e. The van der Waals surface area contributed by atoms with Crippen LogP contribution >= 0.6 is 0 Å². The Hall–Kier alpha value is -0.0400. The molecule has 4 atom stereocenters. The second-order valence-electron chi connectivity index (χ2n) is 3.93. The summed E-state index contributed by atoms with van der Waals surface area (Å²) >= 11 is 0. The van der Waals surface area contributed by atoms with Gasteiger partial charge in [0, 0.05) is 12.1 Å². The summed E-state index contributed by atoms with van der Waals surface area (Å²) in [5.41, 5.74) is 0. The predicted octanol–water partition coefficient (Wildman–Crippen LogP) is 2.03. The van der Waals surface area contributed by atoms with Gasteiger partial charge in [0.2, 0.25) is 0 Å². The topological polar surface area (TPSA) is 12.0 Å². The monoisotopic (exact) mass is 141 g/mol. The van der Waals surface area contributed by atoms with E-state index in [1.54, 1.807) is 0 Å². The van der Waals surface area contributed by atoms with Gasteiger partial charge in [0.25, 0.3) is 0 Å². The molecule has 1 N–H and O–H groups in total. The number of nitrogens with one attached hydrogen (secondary N) is 1. The number of rotatable bonds is 0. The smallest absolute Gasteiger partial charge is 0.00670 e. The van der Waals surface area contributed by atoms with E-state index in [0.717, 1.165) is 11.8 Å². The SMILES string of the molecule is C[C@@H]1N[C@H](C)[C@@H](C)C[C@@H]1C. The van der Waals surface area contributed by atoms with E-state index < -0.39 is 0 Å². The Morgan fingerprint density at radius 2 is 1.30 bits per heavy atom. The quantitative estimate of drug-likeness (QED) is 0.544. The highest BCUT2D eigenvalue weighted by Gasteiger charge is 2.26. The van der Waals surface area contributed by atoms with Gasteiger partial charge in [-0.1, -0.05) is 13.8 Å². The van der Waals surface area contributed by atoms with Crippen molar-refractivity contribution in [3.05, 3.63) is 0 Å². The second-order valence-corrected chi connectivity index (χ2v) is 3.93. The van der Waals surface area contributed by atoms with Crippen molar-refractivity contribution in [3.8, 4) is 0 Å². The third-order valence-electron chi connectivity index (χ3n) is 2.98. The fourth-order valence-electron chi connectivity index (χ4n) is 1.74. The minimum atomic E-state index is 0.714. The van der Waals surface area contributed by atoms with Crippen LogP contribution in [0.25, 0.3) is 0 Å². The van der Waals surface area contributed by atoms with Crippen LogP contribution in [0, 0.1) is 11.8 Å². The highest BCUT2D eigenvalue weighted by atomic mass is 15.0. The minimum Gasteiger partial charge on any atom is -0.311 e. The van der Waals surface area contributed by atoms with E-state index in [1.807, 2.05) is 0 Å². The maximum Gasteiger partial charge on any atom is 0.00670 e. The minimum absolute atomic E-state index is 0.714. The molecular weight excluding hydrogens is 122 g/mol. The van der Waals surface area contributed by atoms with Gasteiger partial charge in [-0.05, 0) is 32.1 Å². The molecule has 0 amide bonds. The molecule has 0 bridgehead atoms. The molecule has 10 heavy (non-hydrogen) atoms. The molecule has 0 unspecified atom stereocenters. The summed E-state index contributed by atoms with van der Waals surface area (Å²) in [6.45, 7) is 9.24. The molecular formula is C9H19N. The van der Waals surface area contributed by atoms with Crippen LogP contribution < -0.4 is 5.32 Å². The molecule has 0 aromatic carbocycles. The number of piperidine rings is 1. The maximum atomic E-state index is 3.58. The molecule has 0 spiro atoms. The summed E-state index contributed by atoms with van der Waals surface area (Å²) in [7, 11) is 0. The molecule has 1 saturated heterocycles. The summed E-state index contributed by atoms with van der Waals surface area (Å²) in [6, 6.07) is 1.43. The lowest BCUT2D eigenvalue weighted by Crippen LogP contribution is -2.47. The lowest BCUT2D eigenvalue weighted by molar-refractivity contribution is 0.204. The van der Waals surface area contributed by atoms with Crippen LogP contribution in [-0.4, -0.2) is 12.1 Å². The van der Waals surface area contributed by atoms with Gasteiger partial charge in [0.05, 0.1) is 0 Å². The highest BCUT2D eigenvalue weighted by molar-refractivity contribution is 4.83. The van der Waals surface area contributed by atoms with Crippen molar-refractivity contribution < 1.29 is 0 Å². The Bertz CT molecular complexity index is 85.3. The molecule has 1 fully saturated rings. The Morgan fingerprint density at radius 3 is 1.60 bits per heavy atom. The highest BCUT2D eigenvalue weighted by Crippen LogP contribution is 2.23. The van der Waals surface area contributed by atoms with Gasteiger partial charge in [0.15, 0.2) is 0 Å². The first kappa shape index (κ1) is 8.06. The Kier molecular flexibility index (Phi) is 2.35. The van der Waals surface area contributed by atoms with Gasteiger partial charge in [-0.3, -0.25) is 0 Å². The van der Waals surface area contributed by atoms with Crippen molar-refractivity contribution in [2.24, 2.45) is 11.8 Å². The van der Waals surface area contributed by atoms with Crippen LogP contribution in [0.2, 0.25) is 0 Å². The molecule has 1 rings (SSSR count). The average Bonchev–Trinajstić information content (AvgIpc) is 1.84. The fraction of sp³-hybridized carbons (Fsp3) is 1.00. The first-order valence-corrected chi connectivity index (χ1v) is 4.37. The summed E-state index contributed by atoms with van der Waals surface area (Å²) < 4.78 is 0. The van der Waals surface area contributed by atoms with Crippen molar-refractivity contribution in [1.82, 2.24) is 5.32 Å². The normalized spacial score (nSPS) is 49.2. The first-order valence-electron chi connectivity index (χ1n) is 4.37. The molecule has 1 aliphatic heterocycles. The summed E-state index contributed by atoms with van der Waals surface area (Å²) in [5.74, 6) is 1.71. The van der Waals surface area contributed by atoms with Crippen LogP contribution in [0.4, 0.5) is 0 Å². The maximum absolute atomic E-state index is 3.58. The Balaban J connectivity index is 2.46. The average molecular weight is 141 g/mol. The van der Waals surface area contributed by atoms with E-state index in [9.17, 15) is 0 Å². The number of hydrogen-bond acceptors (Lipinski definition) is 1. The molecule has 1 heteroatoms. The molecule has 0 saturated carbocycles. The summed E-state index contributed by atoms with van der Waals surface area (Å²) in [5, 5.41) is 3.58. The molecule has 0 aromatic rings. The van der Waals surface area contributed by atoms with Crippen molar-refractivity contribution in [2.75, 3.05) is 0 Å². The molecule has 0 aromatic heterocycles. The van der Waals surface area contributed by atoms with Crippen molar-refractivity contribution in [2.45, 2.75) is 46.2 Å². The molecule has 1 heterocycles. The standard InChI is InChI=1S/C9H19N/c1-6-5-7(2)9(4)10-8(6)3/h6-10H,5H2,1-4H3/t6-,7-,8-,9+/m0/s1. The Morgan fingerprint density at radius 1 is 0.900 bits per heavy atom. The van der Waals surface area contributed by atoms with Crippen LogP contribution in [0.15, 0.2) is 0 Å². The van der Waals surface area contributed by atoms with Crippen LogP contribution in [0.1, 0.15) is 34.1 Å². The van der Waals surface area contributed by atoms with Gasteiger partial charge < -0.3 is 5.32 Å². The molecule has 60 valence electrons. The van der Waals surface area contributed by atoms with Crippen molar-refractivity contribution in [3.63, 3.8) is 0 Å². The van der Waals surface area contributed by atoms with Gasteiger partial charge in [0.1, 0.15) is 0 Å². The summed E-state index contributed by atoms with van der Waals surface area (Å²) in [6.07, 6.45) is 1.38. The Labute approximate surface area is 64.2 Å². The summed E-state index contributed by atoms with van der Waals surface area (Å²) in [4.78, 5) is 0. The van der Waals surface area contributed by atoms with E-state index in [2.05, 4.69) is 33.0 Å². The zero-order valence-electron chi connectivity index (χ0n) is 7.52. The lowest BCUT2D eigenvalue weighted by Gasteiger charge is -2.36. The lowest BCUT2D eigenvalue weighted by atomic mass is 9.83. The van der Waals surface area contributed by atoms with Gasteiger partial charge >= 0.3 is 0 Å². The van der Waals surface area contributed by atoms with Gasteiger partial charge in [-0.2, -0.15) is 0 Å².